The molecular weight excluding hydrogens is 175 g/mol. The van der Waals surface area contributed by atoms with Crippen LogP contribution in [-0.4, -0.2) is 11.5 Å². The fourth-order valence-electron chi connectivity index (χ4n) is 1.46. The molecule has 0 bridgehead atoms. The molecular formula is C8H11FN2S. The molecule has 0 saturated carbocycles. The molecule has 0 radical (unpaired) electrons. The molecule has 0 amide bonds. The van der Waals surface area contributed by atoms with E-state index in [2.05, 4.69) is 4.98 Å². The van der Waals surface area contributed by atoms with Crippen molar-refractivity contribution in [2.75, 3.05) is 6.54 Å². The molecule has 0 spiro atoms. The average Bonchev–Trinajstić information content (AvgIpc) is 2.55. The standard InChI is InChI=1S/C8H11FN2S/c9-5-1-2-6-8(5)12-7(11-6)3-4-10/h5H,1-4,10H2. The first-order valence-corrected chi connectivity index (χ1v) is 4.95. The number of rotatable bonds is 2. The molecule has 1 aromatic rings. The average molecular weight is 186 g/mol. The Hall–Kier alpha value is -0.480. The third-order valence-electron chi connectivity index (χ3n) is 2.05. The van der Waals surface area contributed by atoms with Crippen LogP contribution in [0.3, 0.4) is 0 Å². The van der Waals surface area contributed by atoms with Crippen LogP contribution in [0.4, 0.5) is 4.39 Å². The van der Waals surface area contributed by atoms with Crippen molar-refractivity contribution in [1.29, 1.82) is 0 Å². The Labute approximate surface area is 74.6 Å². The minimum Gasteiger partial charge on any atom is -0.330 e. The summed E-state index contributed by atoms with van der Waals surface area (Å²) >= 11 is 1.49. The van der Waals surface area contributed by atoms with Crippen LogP contribution in [-0.2, 0) is 12.8 Å². The van der Waals surface area contributed by atoms with Crippen molar-refractivity contribution >= 4 is 11.3 Å². The molecule has 1 atom stereocenters. The SMILES string of the molecule is NCCc1nc2c(s1)C(F)CC2. The molecule has 1 aliphatic rings. The normalized spacial score (nSPS) is 21.3. The second-order valence-corrected chi connectivity index (χ2v) is 4.08. The van der Waals surface area contributed by atoms with E-state index < -0.39 is 6.17 Å². The lowest BCUT2D eigenvalue weighted by Gasteiger charge is -1.93. The zero-order chi connectivity index (χ0) is 8.55. The van der Waals surface area contributed by atoms with Gasteiger partial charge in [-0.1, -0.05) is 0 Å². The molecule has 1 aliphatic carbocycles. The summed E-state index contributed by atoms with van der Waals surface area (Å²) in [4.78, 5) is 5.18. The largest absolute Gasteiger partial charge is 0.330 e. The molecule has 66 valence electrons. The Morgan fingerprint density at radius 1 is 1.67 bits per heavy atom. The van der Waals surface area contributed by atoms with E-state index in [0.717, 1.165) is 28.4 Å². The van der Waals surface area contributed by atoms with Gasteiger partial charge >= 0.3 is 0 Å². The van der Waals surface area contributed by atoms with Gasteiger partial charge in [0.1, 0.15) is 6.17 Å². The van der Waals surface area contributed by atoms with Gasteiger partial charge in [-0.3, -0.25) is 0 Å². The van der Waals surface area contributed by atoms with Crippen molar-refractivity contribution in [2.24, 2.45) is 5.73 Å². The summed E-state index contributed by atoms with van der Waals surface area (Å²) in [6.07, 6.45) is 1.45. The van der Waals surface area contributed by atoms with Crippen LogP contribution in [0.25, 0.3) is 0 Å². The number of hydrogen-bond acceptors (Lipinski definition) is 3. The summed E-state index contributed by atoms with van der Waals surface area (Å²) < 4.78 is 13.1. The molecule has 0 saturated heterocycles. The van der Waals surface area contributed by atoms with E-state index in [9.17, 15) is 4.39 Å². The first kappa shape index (κ1) is 8.13. The Balaban J connectivity index is 2.24. The minimum absolute atomic E-state index is 0.601. The topological polar surface area (TPSA) is 38.9 Å². The lowest BCUT2D eigenvalue weighted by molar-refractivity contribution is 0.348. The van der Waals surface area contributed by atoms with Gasteiger partial charge in [-0.15, -0.1) is 11.3 Å². The first-order valence-electron chi connectivity index (χ1n) is 4.14. The molecule has 0 fully saturated rings. The number of aryl methyl sites for hydroxylation is 1. The molecule has 2 rings (SSSR count). The maximum Gasteiger partial charge on any atom is 0.136 e. The number of hydrogen-bond donors (Lipinski definition) is 1. The maximum absolute atomic E-state index is 13.1. The van der Waals surface area contributed by atoms with E-state index in [1.54, 1.807) is 0 Å². The van der Waals surface area contributed by atoms with Crippen LogP contribution in [0.2, 0.25) is 0 Å². The molecule has 0 aromatic carbocycles. The monoisotopic (exact) mass is 186 g/mol. The van der Waals surface area contributed by atoms with E-state index in [1.165, 1.54) is 11.3 Å². The van der Waals surface area contributed by atoms with Crippen molar-refractivity contribution < 1.29 is 4.39 Å². The van der Waals surface area contributed by atoms with E-state index in [0.29, 0.717) is 13.0 Å². The molecule has 0 aliphatic heterocycles. The second-order valence-electron chi connectivity index (χ2n) is 2.96. The Morgan fingerprint density at radius 3 is 3.17 bits per heavy atom. The lowest BCUT2D eigenvalue weighted by Crippen LogP contribution is -2.02. The number of thiazole rings is 1. The fourth-order valence-corrected chi connectivity index (χ4v) is 2.60. The molecule has 2 nitrogen and oxygen atoms in total. The fraction of sp³-hybridized carbons (Fsp3) is 0.625. The van der Waals surface area contributed by atoms with Gasteiger partial charge in [-0.05, 0) is 19.4 Å². The Morgan fingerprint density at radius 2 is 2.50 bits per heavy atom. The van der Waals surface area contributed by atoms with Crippen LogP contribution in [0.1, 0.15) is 28.2 Å². The number of alkyl halides is 1. The van der Waals surface area contributed by atoms with Crippen LogP contribution < -0.4 is 5.73 Å². The van der Waals surface area contributed by atoms with Crippen LogP contribution in [0, 0.1) is 0 Å². The smallest absolute Gasteiger partial charge is 0.136 e. The van der Waals surface area contributed by atoms with Gasteiger partial charge in [0.2, 0.25) is 0 Å². The van der Waals surface area contributed by atoms with E-state index in [-0.39, 0.29) is 0 Å². The highest BCUT2D eigenvalue weighted by molar-refractivity contribution is 7.11. The Bertz CT molecular complexity index is 285. The third-order valence-corrected chi connectivity index (χ3v) is 3.29. The van der Waals surface area contributed by atoms with Crippen molar-refractivity contribution in [1.82, 2.24) is 4.98 Å². The summed E-state index contributed by atoms with van der Waals surface area (Å²) in [5.41, 5.74) is 6.36. The predicted molar refractivity (Wildman–Crippen MR) is 47.0 cm³/mol. The zero-order valence-electron chi connectivity index (χ0n) is 6.72. The highest BCUT2D eigenvalue weighted by Gasteiger charge is 2.26. The van der Waals surface area contributed by atoms with E-state index >= 15 is 0 Å². The Kier molecular flexibility index (Phi) is 2.11. The van der Waals surface area contributed by atoms with E-state index in [4.69, 9.17) is 5.73 Å². The number of halogens is 1. The highest BCUT2D eigenvalue weighted by Crippen LogP contribution is 2.37. The van der Waals surface area contributed by atoms with Crippen LogP contribution in [0.15, 0.2) is 0 Å². The molecule has 1 unspecified atom stereocenters. The zero-order valence-corrected chi connectivity index (χ0v) is 7.53. The van der Waals surface area contributed by atoms with Crippen molar-refractivity contribution in [3.8, 4) is 0 Å². The summed E-state index contributed by atoms with van der Waals surface area (Å²) in [6, 6.07) is 0. The first-order chi connectivity index (χ1) is 5.81. The van der Waals surface area contributed by atoms with Crippen molar-refractivity contribution in [2.45, 2.75) is 25.4 Å². The quantitative estimate of drug-likeness (QED) is 0.762. The number of nitrogens with zero attached hydrogens (tertiary/aromatic N) is 1. The molecule has 12 heavy (non-hydrogen) atoms. The van der Waals surface area contributed by atoms with Crippen LogP contribution >= 0.6 is 11.3 Å². The summed E-state index contributed by atoms with van der Waals surface area (Å²) in [7, 11) is 0. The number of aromatic nitrogens is 1. The molecule has 1 heterocycles. The van der Waals surface area contributed by atoms with Gasteiger partial charge in [0, 0.05) is 6.42 Å². The maximum atomic E-state index is 13.1. The van der Waals surface area contributed by atoms with Gasteiger partial charge < -0.3 is 5.73 Å². The molecule has 1 aromatic heterocycles. The highest BCUT2D eigenvalue weighted by atomic mass is 32.1. The summed E-state index contributed by atoms with van der Waals surface area (Å²) in [5, 5.41) is 0.991. The lowest BCUT2D eigenvalue weighted by atomic mass is 10.3. The number of fused-ring (bicyclic) bond motifs is 1. The number of nitrogens with two attached hydrogens (primary N) is 1. The predicted octanol–water partition coefficient (Wildman–Crippen LogP) is 1.60. The third kappa shape index (κ3) is 1.25. The van der Waals surface area contributed by atoms with Gasteiger partial charge in [-0.2, -0.15) is 0 Å². The minimum atomic E-state index is -0.760. The van der Waals surface area contributed by atoms with Crippen molar-refractivity contribution in [3.63, 3.8) is 0 Å². The second kappa shape index (κ2) is 3.11. The van der Waals surface area contributed by atoms with Gasteiger partial charge in [0.25, 0.3) is 0 Å². The van der Waals surface area contributed by atoms with Crippen molar-refractivity contribution in [3.05, 3.63) is 15.6 Å². The molecule has 2 N–H and O–H groups in total. The van der Waals surface area contributed by atoms with Gasteiger partial charge in [-0.25, -0.2) is 9.37 Å². The van der Waals surface area contributed by atoms with Gasteiger partial charge in [0.15, 0.2) is 0 Å². The van der Waals surface area contributed by atoms with E-state index in [1.807, 2.05) is 0 Å². The van der Waals surface area contributed by atoms with Gasteiger partial charge in [0.05, 0.1) is 15.6 Å². The molecule has 4 heteroatoms. The summed E-state index contributed by atoms with van der Waals surface area (Å²) in [6.45, 7) is 0.601. The summed E-state index contributed by atoms with van der Waals surface area (Å²) in [5.74, 6) is 0. The van der Waals surface area contributed by atoms with Crippen LogP contribution in [0.5, 0.6) is 0 Å².